The monoisotopic (exact) mass is 348 g/mol. The molecule has 0 aliphatic rings. The van der Waals surface area contributed by atoms with Gasteiger partial charge in [0.1, 0.15) is 0 Å². The van der Waals surface area contributed by atoms with E-state index in [1.54, 1.807) is 18.2 Å². The molecule has 0 unspecified atom stereocenters. The molecule has 0 aliphatic carbocycles. The number of hydrazine groups is 1. The summed E-state index contributed by atoms with van der Waals surface area (Å²) in [5.41, 5.74) is 2.48. The predicted octanol–water partition coefficient (Wildman–Crippen LogP) is 3.80. The fraction of sp³-hybridized carbons (Fsp3) is 0. The highest BCUT2D eigenvalue weighted by atomic mass is 79.9. The number of hydrogen-bond donors (Lipinski definition) is 3. The summed E-state index contributed by atoms with van der Waals surface area (Å²) in [6, 6.07) is 5.66. The first-order chi connectivity index (χ1) is 9.01. The first kappa shape index (κ1) is 14.0. The van der Waals surface area contributed by atoms with Gasteiger partial charge in [-0.2, -0.15) is 0 Å². The fourth-order valence-corrected chi connectivity index (χ4v) is 2.09. The first-order valence-corrected chi connectivity index (χ1v) is 6.23. The summed E-state index contributed by atoms with van der Waals surface area (Å²) in [6.07, 6.45) is 0. The molecule has 2 aromatic rings. The number of rotatable bonds is 3. The third kappa shape index (κ3) is 3.12. The molecular weight excluding hydrogens is 342 g/mol. The number of anilines is 3. The summed E-state index contributed by atoms with van der Waals surface area (Å²) in [5.74, 6) is 2.90. The van der Waals surface area contributed by atoms with Gasteiger partial charge in [-0.1, -0.05) is 27.5 Å². The van der Waals surface area contributed by atoms with Crippen LogP contribution in [0.15, 0.2) is 28.7 Å². The molecule has 4 nitrogen and oxygen atoms in total. The second kappa shape index (κ2) is 5.68. The van der Waals surface area contributed by atoms with E-state index < -0.39 is 11.6 Å². The largest absolute Gasteiger partial charge is 0.336 e. The lowest BCUT2D eigenvalue weighted by atomic mass is 10.3. The van der Waals surface area contributed by atoms with Crippen LogP contribution in [0.1, 0.15) is 0 Å². The van der Waals surface area contributed by atoms with Crippen LogP contribution in [0.25, 0.3) is 0 Å². The van der Waals surface area contributed by atoms with Crippen molar-refractivity contribution in [2.75, 3.05) is 10.7 Å². The van der Waals surface area contributed by atoms with Crippen LogP contribution in [-0.4, -0.2) is 4.98 Å². The van der Waals surface area contributed by atoms with Crippen molar-refractivity contribution in [2.24, 2.45) is 5.84 Å². The molecule has 0 aliphatic heterocycles. The molecule has 0 amide bonds. The second-order valence-electron chi connectivity index (χ2n) is 3.54. The fourth-order valence-electron chi connectivity index (χ4n) is 1.37. The molecule has 0 radical (unpaired) electrons. The number of aromatic nitrogens is 1. The molecule has 1 heterocycles. The highest BCUT2D eigenvalue weighted by molar-refractivity contribution is 9.10. The number of halogens is 4. The van der Waals surface area contributed by atoms with E-state index in [0.717, 1.165) is 4.47 Å². The van der Waals surface area contributed by atoms with Crippen LogP contribution in [0.5, 0.6) is 0 Å². The van der Waals surface area contributed by atoms with Gasteiger partial charge < -0.3 is 10.7 Å². The summed E-state index contributed by atoms with van der Waals surface area (Å²) in [4.78, 5) is 3.68. The van der Waals surface area contributed by atoms with Crippen molar-refractivity contribution >= 4 is 44.9 Å². The summed E-state index contributed by atoms with van der Waals surface area (Å²) in [6.45, 7) is 0. The normalized spacial score (nSPS) is 10.4. The maximum absolute atomic E-state index is 13.6. The molecule has 2 rings (SSSR count). The number of nitrogens with two attached hydrogens (primary N) is 1. The third-order valence-electron chi connectivity index (χ3n) is 2.25. The number of hydrogen-bond acceptors (Lipinski definition) is 4. The molecular formula is C11H8BrClF2N4. The zero-order valence-corrected chi connectivity index (χ0v) is 11.7. The molecule has 0 spiro atoms. The van der Waals surface area contributed by atoms with Gasteiger partial charge in [0.05, 0.1) is 10.7 Å². The van der Waals surface area contributed by atoms with Crippen molar-refractivity contribution in [2.45, 2.75) is 0 Å². The maximum atomic E-state index is 13.6. The molecule has 100 valence electrons. The maximum Gasteiger partial charge on any atom is 0.178 e. The zero-order chi connectivity index (χ0) is 14.0. The lowest BCUT2D eigenvalue weighted by Gasteiger charge is -2.10. The van der Waals surface area contributed by atoms with E-state index in [2.05, 4.69) is 26.2 Å². The molecule has 4 N–H and O–H groups in total. The second-order valence-corrected chi connectivity index (χ2v) is 4.87. The number of pyridine rings is 1. The van der Waals surface area contributed by atoms with Crippen LogP contribution in [0.3, 0.4) is 0 Å². The van der Waals surface area contributed by atoms with Crippen LogP contribution < -0.4 is 16.6 Å². The average molecular weight is 350 g/mol. The molecule has 1 aromatic carbocycles. The Morgan fingerprint density at radius 1 is 1.16 bits per heavy atom. The van der Waals surface area contributed by atoms with E-state index in [9.17, 15) is 8.78 Å². The lowest BCUT2D eigenvalue weighted by molar-refractivity contribution is 0.579. The molecule has 0 saturated carbocycles. The van der Waals surface area contributed by atoms with Crippen LogP contribution >= 0.6 is 27.5 Å². The van der Waals surface area contributed by atoms with Crippen molar-refractivity contribution in [3.8, 4) is 0 Å². The first-order valence-electron chi connectivity index (χ1n) is 5.06. The van der Waals surface area contributed by atoms with Crippen molar-refractivity contribution in [3.05, 3.63) is 45.4 Å². The summed E-state index contributed by atoms with van der Waals surface area (Å²) in [5, 5.41) is 3.03. The van der Waals surface area contributed by atoms with E-state index in [-0.39, 0.29) is 11.6 Å². The summed E-state index contributed by atoms with van der Waals surface area (Å²) < 4.78 is 27.6. The molecule has 1 aromatic heterocycles. The van der Waals surface area contributed by atoms with Crippen LogP contribution in [-0.2, 0) is 0 Å². The van der Waals surface area contributed by atoms with E-state index >= 15 is 0 Å². The Labute approximate surface area is 121 Å². The SMILES string of the molecule is NNc1nc(Nc2ccc(Br)cc2Cl)c(F)cc1F. The number of nitrogens with one attached hydrogen (secondary N) is 2. The zero-order valence-electron chi connectivity index (χ0n) is 9.35. The Morgan fingerprint density at radius 2 is 1.84 bits per heavy atom. The van der Waals surface area contributed by atoms with E-state index in [1.807, 2.05) is 5.43 Å². The smallest absolute Gasteiger partial charge is 0.178 e. The molecule has 0 atom stereocenters. The number of benzene rings is 1. The highest BCUT2D eigenvalue weighted by Gasteiger charge is 2.12. The summed E-state index contributed by atoms with van der Waals surface area (Å²) >= 11 is 9.23. The van der Waals surface area contributed by atoms with Crippen LogP contribution in [0.4, 0.5) is 26.1 Å². The van der Waals surface area contributed by atoms with Gasteiger partial charge >= 0.3 is 0 Å². The molecule has 0 bridgehead atoms. The van der Waals surface area contributed by atoms with Crippen LogP contribution in [0, 0.1) is 11.6 Å². The van der Waals surface area contributed by atoms with Crippen molar-refractivity contribution < 1.29 is 8.78 Å². The minimum absolute atomic E-state index is 0.182. The van der Waals surface area contributed by atoms with E-state index in [4.69, 9.17) is 17.4 Å². The minimum atomic E-state index is -0.882. The van der Waals surface area contributed by atoms with Crippen molar-refractivity contribution in [1.29, 1.82) is 0 Å². The predicted molar refractivity (Wildman–Crippen MR) is 74.4 cm³/mol. The Hall–Kier alpha value is -1.44. The Kier molecular flexibility index (Phi) is 4.18. The van der Waals surface area contributed by atoms with E-state index in [1.165, 1.54) is 0 Å². The Morgan fingerprint density at radius 3 is 2.47 bits per heavy atom. The lowest BCUT2D eigenvalue weighted by Crippen LogP contribution is -2.12. The van der Waals surface area contributed by atoms with Gasteiger partial charge in [-0.15, -0.1) is 0 Å². The Bertz CT molecular complexity index is 624. The number of nitrogens with zero attached hydrogens (tertiary/aromatic N) is 1. The standard InChI is InChI=1S/C11H8BrClF2N4/c12-5-1-2-9(6(13)3-5)17-10-7(14)4-8(15)11(18-10)19-16/h1-4H,16H2,(H2,17,18,19). The van der Waals surface area contributed by atoms with Gasteiger partial charge in [-0.25, -0.2) is 19.6 Å². The van der Waals surface area contributed by atoms with Gasteiger partial charge in [0, 0.05) is 10.5 Å². The minimum Gasteiger partial charge on any atom is -0.336 e. The summed E-state index contributed by atoms with van der Waals surface area (Å²) in [7, 11) is 0. The quantitative estimate of drug-likeness (QED) is 0.582. The average Bonchev–Trinajstić information content (AvgIpc) is 2.35. The van der Waals surface area contributed by atoms with Crippen molar-refractivity contribution in [1.82, 2.24) is 4.98 Å². The van der Waals surface area contributed by atoms with Crippen molar-refractivity contribution in [3.63, 3.8) is 0 Å². The van der Waals surface area contributed by atoms with Gasteiger partial charge in [-0.05, 0) is 18.2 Å². The molecule has 0 fully saturated rings. The van der Waals surface area contributed by atoms with E-state index in [0.29, 0.717) is 16.8 Å². The molecule has 8 heteroatoms. The Balaban J connectivity index is 2.37. The van der Waals surface area contributed by atoms with Gasteiger partial charge in [0.25, 0.3) is 0 Å². The third-order valence-corrected chi connectivity index (χ3v) is 3.06. The topological polar surface area (TPSA) is 63.0 Å². The van der Waals surface area contributed by atoms with Crippen LogP contribution in [0.2, 0.25) is 5.02 Å². The molecule has 0 saturated heterocycles. The number of nitrogen functional groups attached to an aromatic ring is 1. The van der Waals surface area contributed by atoms with Gasteiger partial charge in [-0.3, -0.25) is 0 Å². The molecule has 19 heavy (non-hydrogen) atoms. The van der Waals surface area contributed by atoms with Gasteiger partial charge in [0.2, 0.25) is 0 Å². The van der Waals surface area contributed by atoms with Gasteiger partial charge in [0.15, 0.2) is 23.3 Å². The highest BCUT2D eigenvalue weighted by Crippen LogP contribution is 2.29.